The first-order valence-electron chi connectivity index (χ1n) is 2.88. The van der Waals surface area contributed by atoms with Crippen LogP contribution in [0.5, 0.6) is 0 Å². The summed E-state index contributed by atoms with van der Waals surface area (Å²) in [7, 11) is 0. The molecule has 0 saturated carbocycles. The third kappa shape index (κ3) is 7.59. The van der Waals surface area contributed by atoms with Gasteiger partial charge in [-0.15, -0.1) is 0 Å². The summed E-state index contributed by atoms with van der Waals surface area (Å²) in [6.45, 7) is 4.88. The number of hydrogen-bond donors (Lipinski definition) is 2. The maximum absolute atomic E-state index is 10.3. The van der Waals surface area contributed by atoms with Crippen LogP contribution in [0.3, 0.4) is 0 Å². The first-order chi connectivity index (χ1) is 3.92. The van der Waals surface area contributed by atoms with E-state index in [0.29, 0.717) is 0 Å². The zero-order valence-electron chi connectivity index (χ0n) is 6.06. The maximum Gasteiger partial charge on any atom is 0.143 e. The average molecular weight is 131 g/mol. The van der Waals surface area contributed by atoms with E-state index >= 15 is 0 Å². The van der Waals surface area contributed by atoms with E-state index in [1.54, 1.807) is 13.8 Å². The van der Waals surface area contributed by atoms with E-state index in [2.05, 4.69) is 5.32 Å². The molecule has 0 aromatic heterocycles. The molecule has 0 aliphatic rings. The first kappa shape index (κ1) is 8.59. The predicted molar refractivity (Wildman–Crippen MR) is 35.0 cm³/mol. The fraction of sp³-hybridized carbons (Fsp3) is 0.833. The topological polar surface area (TPSA) is 49.3 Å². The summed E-state index contributed by atoms with van der Waals surface area (Å²) in [5.41, 5.74) is -0.939. The molecule has 0 aliphatic carbocycles. The molecule has 2 N–H and O–H groups in total. The number of rotatable bonds is 3. The van der Waals surface area contributed by atoms with Crippen molar-refractivity contribution in [1.82, 2.24) is 5.32 Å². The molecule has 54 valence electrons. The van der Waals surface area contributed by atoms with Crippen molar-refractivity contribution in [3.63, 3.8) is 0 Å². The van der Waals surface area contributed by atoms with Crippen molar-refractivity contribution in [1.29, 1.82) is 0 Å². The molecule has 3 nitrogen and oxygen atoms in total. The molecule has 0 heterocycles. The van der Waals surface area contributed by atoms with Gasteiger partial charge in [0.2, 0.25) is 0 Å². The molecule has 0 atom stereocenters. The van der Waals surface area contributed by atoms with Gasteiger partial charge in [-0.25, -0.2) is 0 Å². The molecule has 0 aromatic rings. The fourth-order valence-corrected chi connectivity index (χ4v) is 0.341. The summed E-state index contributed by atoms with van der Waals surface area (Å²) in [5, 5.41) is 11.6. The molecule has 0 bridgehead atoms. The van der Waals surface area contributed by atoms with Gasteiger partial charge in [-0.1, -0.05) is 0 Å². The predicted octanol–water partition coefficient (Wildman–Crippen LogP) is -0.107. The molecule has 3 heteroatoms. The van der Waals surface area contributed by atoms with Gasteiger partial charge in [0.05, 0.1) is 6.54 Å². The van der Waals surface area contributed by atoms with Crippen LogP contribution in [0.25, 0.3) is 0 Å². The summed E-state index contributed by atoms with van der Waals surface area (Å²) < 4.78 is 0. The number of aliphatic hydroxyl groups is 1. The standard InChI is InChI=1S/C6H13NO2/c1-5(8)4-7-6(2,3)9/h7,9H,4H2,1-3H3. The highest BCUT2D eigenvalue weighted by Gasteiger charge is 2.10. The first-order valence-corrected chi connectivity index (χ1v) is 2.88. The van der Waals surface area contributed by atoms with Gasteiger partial charge in [-0.05, 0) is 20.8 Å². The fourth-order valence-electron chi connectivity index (χ4n) is 0.341. The Hall–Kier alpha value is -0.410. The number of Topliss-reactive ketones (excluding diaryl/α,β-unsaturated/α-hetero) is 1. The lowest BCUT2D eigenvalue weighted by molar-refractivity contribution is -0.117. The zero-order chi connectivity index (χ0) is 7.49. The second-order valence-electron chi connectivity index (χ2n) is 2.61. The quantitative estimate of drug-likeness (QED) is 0.525. The Labute approximate surface area is 55.1 Å². The summed E-state index contributed by atoms with van der Waals surface area (Å²) in [5.74, 6) is 0.0251. The average Bonchev–Trinajstić information content (AvgIpc) is 1.59. The van der Waals surface area contributed by atoms with Crippen molar-refractivity contribution in [3.8, 4) is 0 Å². The number of carbonyl (C=O) groups excluding carboxylic acids is 1. The minimum atomic E-state index is -0.939. The van der Waals surface area contributed by atoms with E-state index < -0.39 is 5.72 Å². The van der Waals surface area contributed by atoms with Gasteiger partial charge >= 0.3 is 0 Å². The molecule has 0 fully saturated rings. The highest BCUT2D eigenvalue weighted by atomic mass is 16.3. The second kappa shape index (κ2) is 2.94. The Morgan fingerprint density at radius 1 is 1.67 bits per heavy atom. The molecule has 0 amide bonds. The number of hydrogen-bond acceptors (Lipinski definition) is 3. The molecule has 0 aromatic carbocycles. The van der Waals surface area contributed by atoms with Gasteiger partial charge < -0.3 is 5.11 Å². The Morgan fingerprint density at radius 3 is 2.22 bits per heavy atom. The van der Waals surface area contributed by atoms with Crippen LogP contribution >= 0.6 is 0 Å². The van der Waals surface area contributed by atoms with Gasteiger partial charge in [-0.3, -0.25) is 10.1 Å². The Morgan fingerprint density at radius 2 is 2.11 bits per heavy atom. The van der Waals surface area contributed by atoms with Crippen molar-refractivity contribution in [3.05, 3.63) is 0 Å². The monoisotopic (exact) mass is 131 g/mol. The van der Waals surface area contributed by atoms with Crippen molar-refractivity contribution in [2.45, 2.75) is 26.5 Å². The van der Waals surface area contributed by atoms with Crippen LogP contribution in [0, 0.1) is 0 Å². The van der Waals surface area contributed by atoms with Crippen LogP contribution in [0.1, 0.15) is 20.8 Å². The minimum absolute atomic E-state index is 0.0251. The third-order valence-electron chi connectivity index (χ3n) is 0.770. The number of nitrogens with one attached hydrogen (secondary N) is 1. The van der Waals surface area contributed by atoms with Gasteiger partial charge in [0, 0.05) is 0 Å². The van der Waals surface area contributed by atoms with Crippen molar-refractivity contribution in [2.75, 3.05) is 6.54 Å². The minimum Gasteiger partial charge on any atom is -0.376 e. The zero-order valence-corrected chi connectivity index (χ0v) is 6.06. The SMILES string of the molecule is CC(=O)CNC(C)(C)O. The van der Waals surface area contributed by atoms with Crippen molar-refractivity contribution >= 4 is 5.78 Å². The third-order valence-corrected chi connectivity index (χ3v) is 0.770. The summed E-state index contributed by atoms with van der Waals surface area (Å²) in [6, 6.07) is 0. The highest BCUT2D eigenvalue weighted by molar-refractivity contribution is 5.77. The molecular formula is C6H13NO2. The molecular weight excluding hydrogens is 118 g/mol. The lowest BCUT2D eigenvalue weighted by atomic mass is 10.3. The van der Waals surface area contributed by atoms with E-state index in [4.69, 9.17) is 5.11 Å². The van der Waals surface area contributed by atoms with Gasteiger partial charge in [0.15, 0.2) is 0 Å². The maximum atomic E-state index is 10.3. The Balaban J connectivity index is 3.39. The number of carbonyl (C=O) groups is 1. The van der Waals surface area contributed by atoms with E-state index in [1.165, 1.54) is 6.92 Å². The van der Waals surface area contributed by atoms with E-state index in [1.807, 2.05) is 0 Å². The van der Waals surface area contributed by atoms with E-state index in [-0.39, 0.29) is 12.3 Å². The van der Waals surface area contributed by atoms with Crippen molar-refractivity contribution in [2.24, 2.45) is 0 Å². The smallest absolute Gasteiger partial charge is 0.143 e. The number of ketones is 1. The van der Waals surface area contributed by atoms with Crippen LogP contribution in [0.15, 0.2) is 0 Å². The molecule has 0 radical (unpaired) electrons. The van der Waals surface area contributed by atoms with Crippen LogP contribution in [0.4, 0.5) is 0 Å². The van der Waals surface area contributed by atoms with Crippen LogP contribution in [0.2, 0.25) is 0 Å². The van der Waals surface area contributed by atoms with Crippen LogP contribution in [-0.2, 0) is 4.79 Å². The van der Waals surface area contributed by atoms with Gasteiger partial charge in [-0.2, -0.15) is 0 Å². The van der Waals surface area contributed by atoms with Crippen molar-refractivity contribution < 1.29 is 9.90 Å². The van der Waals surface area contributed by atoms with E-state index in [9.17, 15) is 4.79 Å². The van der Waals surface area contributed by atoms with Gasteiger partial charge in [0.1, 0.15) is 11.5 Å². The van der Waals surface area contributed by atoms with Crippen LogP contribution < -0.4 is 5.32 Å². The van der Waals surface area contributed by atoms with E-state index in [0.717, 1.165) is 0 Å². The molecule has 0 rings (SSSR count). The summed E-state index contributed by atoms with van der Waals surface area (Å²) in [6.07, 6.45) is 0. The molecule has 0 spiro atoms. The Bertz CT molecular complexity index is 104. The highest BCUT2D eigenvalue weighted by Crippen LogP contribution is 1.91. The molecule has 0 unspecified atom stereocenters. The Kier molecular flexibility index (Phi) is 2.81. The lowest BCUT2D eigenvalue weighted by Gasteiger charge is -2.17. The lowest BCUT2D eigenvalue weighted by Crippen LogP contribution is -2.41. The molecule has 9 heavy (non-hydrogen) atoms. The largest absolute Gasteiger partial charge is 0.376 e. The molecule has 0 aliphatic heterocycles. The summed E-state index contributed by atoms with van der Waals surface area (Å²) in [4.78, 5) is 10.3. The normalized spacial score (nSPS) is 11.6. The van der Waals surface area contributed by atoms with Gasteiger partial charge in [0.25, 0.3) is 0 Å². The second-order valence-corrected chi connectivity index (χ2v) is 2.61. The summed E-state index contributed by atoms with van der Waals surface area (Å²) >= 11 is 0. The molecule has 0 saturated heterocycles. The van der Waals surface area contributed by atoms with Crippen LogP contribution in [-0.4, -0.2) is 23.2 Å².